The van der Waals surface area contributed by atoms with E-state index in [-0.39, 0.29) is 17.1 Å². The maximum atomic E-state index is 14.3. The van der Waals surface area contributed by atoms with Crippen LogP contribution in [0.25, 0.3) is 10.9 Å². The van der Waals surface area contributed by atoms with E-state index in [0.29, 0.717) is 24.1 Å². The molecular formula is C20H25FN4O2. The molecule has 144 valence electrons. The van der Waals surface area contributed by atoms with Crippen LogP contribution in [0.3, 0.4) is 0 Å². The van der Waals surface area contributed by atoms with Gasteiger partial charge in [0.15, 0.2) is 5.69 Å². The van der Waals surface area contributed by atoms with E-state index in [2.05, 4.69) is 22.4 Å². The van der Waals surface area contributed by atoms with E-state index in [1.165, 1.54) is 6.07 Å². The van der Waals surface area contributed by atoms with Crippen LogP contribution in [0, 0.1) is 5.82 Å². The third kappa shape index (κ3) is 3.14. The second-order valence-electron chi connectivity index (χ2n) is 7.73. The summed E-state index contributed by atoms with van der Waals surface area (Å²) in [6, 6.07) is 5.46. The van der Waals surface area contributed by atoms with Gasteiger partial charge in [-0.05, 0) is 51.3 Å². The van der Waals surface area contributed by atoms with Crippen molar-refractivity contribution < 1.29 is 9.18 Å². The number of hydrogen-bond acceptors (Lipinski definition) is 4. The Morgan fingerprint density at radius 1 is 1.30 bits per heavy atom. The van der Waals surface area contributed by atoms with Crippen molar-refractivity contribution in [2.45, 2.75) is 63.7 Å². The predicted molar refractivity (Wildman–Crippen MR) is 101 cm³/mol. The molecule has 2 fully saturated rings. The van der Waals surface area contributed by atoms with E-state index in [1.54, 1.807) is 16.8 Å². The molecule has 4 rings (SSSR count). The summed E-state index contributed by atoms with van der Waals surface area (Å²) in [4.78, 5) is 28.0. The van der Waals surface area contributed by atoms with E-state index in [0.717, 1.165) is 32.1 Å². The summed E-state index contributed by atoms with van der Waals surface area (Å²) >= 11 is 0. The molecule has 1 aromatic heterocycles. The zero-order valence-electron chi connectivity index (χ0n) is 15.7. The number of piperidine rings is 1. The zero-order chi connectivity index (χ0) is 19.1. The monoisotopic (exact) mass is 372 g/mol. The fourth-order valence-electron chi connectivity index (χ4n) is 4.60. The maximum absolute atomic E-state index is 14.3. The van der Waals surface area contributed by atoms with Crippen LogP contribution in [-0.2, 0) is 6.54 Å². The molecule has 0 saturated carbocycles. The summed E-state index contributed by atoms with van der Waals surface area (Å²) in [5.41, 5.74) is -0.424. The van der Waals surface area contributed by atoms with Gasteiger partial charge >= 0.3 is 0 Å². The number of aromatic nitrogens is 2. The van der Waals surface area contributed by atoms with Gasteiger partial charge in [0.2, 0.25) is 5.43 Å². The van der Waals surface area contributed by atoms with Crippen molar-refractivity contribution >= 4 is 16.8 Å². The fourth-order valence-corrected chi connectivity index (χ4v) is 4.60. The average Bonchev–Trinajstić information content (AvgIpc) is 2.85. The lowest BCUT2D eigenvalue weighted by Crippen LogP contribution is -2.49. The van der Waals surface area contributed by atoms with Gasteiger partial charge in [0.05, 0.1) is 10.9 Å². The highest BCUT2D eigenvalue weighted by Crippen LogP contribution is 2.34. The normalized spacial score (nSPS) is 25.1. The number of amides is 1. The number of carbonyl (C=O) groups excluding carboxylic acids is 1. The van der Waals surface area contributed by atoms with Gasteiger partial charge < -0.3 is 10.2 Å². The van der Waals surface area contributed by atoms with Gasteiger partial charge in [-0.3, -0.25) is 14.3 Å². The van der Waals surface area contributed by atoms with Crippen LogP contribution in [0.1, 0.15) is 49.5 Å². The van der Waals surface area contributed by atoms with Crippen LogP contribution in [0.4, 0.5) is 4.39 Å². The molecule has 0 aliphatic carbocycles. The molecule has 3 heterocycles. The molecule has 0 spiro atoms. The van der Waals surface area contributed by atoms with Gasteiger partial charge in [0.25, 0.3) is 5.91 Å². The number of benzene rings is 1. The average molecular weight is 372 g/mol. The third-order valence-corrected chi connectivity index (χ3v) is 6.02. The Bertz CT molecular complexity index is 927. The minimum atomic E-state index is -0.635. The quantitative estimate of drug-likeness (QED) is 0.894. The van der Waals surface area contributed by atoms with Crippen LogP contribution >= 0.6 is 0 Å². The Morgan fingerprint density at radius 3 is 2.67 bits per heavy atom. The lowest BCUT2D eigenvalue weighted by Gasteiger charge is -2.36. The number of rotatable bonds is 4. The smallest absolute Gasteiger partial charge is 0.276 e. The molecule has 7 heteroatoms. The molecule has 27 heavy (non-hydrogen) atoms. The van der Waals surface area contributed by atoms with Gasteiger partial charge in [-0.2, -0.15) is 5.10 Å². The molecule has 1 unspecified atom stereocenters. The van der Waals surface area contributed by atoms with Crippen molar-refractivity contribution in [2.24, 2.45) is 0 Å². The van der Waals surface area contributed by atoms with E-state index in [9.17, 15) is 14.0 Å². The SMILES string of the molecule is CCCn1nc(C(=O)NC2C[C@H]3CC[C@@H](C2)N3C)c(=O)c2c(F)cccc21. The molecule has 6 nitrogen and oxygen atoms in total. The summed E-state index contributed by atoms with van der Waals surface area (Å²) in [6.45, 7) is 2.48. The molecule has 1 amide bonds. The summed E-state index contributed by atoms with van der Waals surface area (Å²) in [5.74, 6) is -1.11. The van der Waals surface area contributed by atoms with Crippen molar-refractivity contribution in [3.63, 3.8) is 0 Å². The lowest BCUT2D eigenvalue weighted by atomic mass is 9.98. The van der Waals surface area contributed by atoms with Gasteiger partial charge in [-0.15, -0.1) is 0 Å². The first kappa shape index (κ1) is 18.1. The lowest BCUT2D eigenvalue weighted by molar-refractivity contribution is 0.0874. The highest BCUT2D eigenvalue weighted by atomic mass is 19.1. The highest BCUT2D eigenvalue weighted by molar-refractivity contribution is 5.95. The molecule has 1 aromatic carbocycles. The molecule has 2 aliphatic rings. The number of fused-ring (bicyclic) bond motifs is 3. The summed E-state index contributed by atoms with van der Waals surface area (Å²) in [6.07, 6.45) is 4.82. The number of nitrogens with zero attached hydrogens (tertiary/aromatic N) is 3. The minimum Gasteiger partial charge on any atom is -0.348 e. The standard InChI is InChI=1S/C20H25FN4O2/c1-3-9-25-16-6-4-5-15(21)17(16)19(26)18(23-25)20(27)22-12-10-13-7-8-14(11-12)24(13)2/h4-6,12-14H,3,7-11H2,1-2H3,(H,22,27)/t12?,13-,14+. The van der Waals surface area contributed by atoms with Crippen molar-refractivity contribution in [1.29, 1.82) is 0 Å². The largest absolute Gasteiger partial charge is 0.348 e. The second-order valence-corrected chi connectivity index (χ2v) is 7.73. The fraction of sp³-hybridized carbons (Fsp3) is 0.550. The zero-order valence-corrected chi connectivity index (χ0v) is 15.7. The molecule has 2 saturated heterocycles. The van der Waals surface area contributed by atoms with Crippen LogP contribution in [0.5, 0.6) is 0 Å². The van der Waals surface area contributed by atoms with Crippen LogP contribution in [0.2, 0.25) is 0 Å². The molecule has 3 atom stereocenters. The maximum Gasteiger partial charge on any atom is 0.276 e. The molecule has 2 aromatic rings. The Balaban J connectivity index is 1.67. The molecule has 0 radical (unpaired) electrons. The van der Waals surface area contributed by atoms with Crippen molar-refractivity contribution in [3.8, 4) is 0 Å². The van der Waals surface area contributed by atoms with Gasteiger partial charge in [-0.1, -0.05) is 13.0 Å². The minimum absolute atomic E-state index is 0.0309. The van der Waals surface area contributed by atoms with Gasteiger partial charge in [0.1, 0.15) is 5.82 Å². The second kappa shape index (κ2) is 7.03. The first-order chi connectivity index (χ1) is 13.0. The molecule has 1 N–H and O–H groups in total. The number of hydrogen-bond donors (Lipinski definition) is 1. The van der Waals surface area contributed by atoms with Crippen molar-refractivity contribution in [1.82, 2.24) is 20.0 Å². The molecular weight excluding hydrogens is 347 g/mol. The van der Waals surface area contributed by atoms with E-state index in [4.69, 9.17) is 0 Å². The number of nitrogens with one attached hydrogen (secondary N) is 1. The van der Waals surface area contributed by atoms with Crippen molar-refractivity contribution in [3.05, 3.63) is 39.9 Å². The Hall–Kier alpha value is -2.28. The number of aryl methyl sites for hydroxylation is 1. The summed E-state index contributed by atoms with van der Waals surface area (Å²) in [5, 5.41) is 7.21. The van der Waals surface area contributed by atoms with Gasteiger partial charge in [-0.25, -0.2) is 4.39 Å². The molecule has 2 aliphatic heterocycles. The predicted octanol–water partition coefficient (Wildman–Crippen LogP) is 2.30. The van der Waals surface area contributed by atoms with E-state index in [1.807, 2.05) is 6.92 Å². The highest BCUT2D eigenvalue weighted by Gasteiger charge is 2.39. The molecule has 2 bridgehead atoms. The topological polar surface area (TPSA) is 67.2 Å². The van der Waals surface area contributed by atoms with Crippen LogP contribution in [0.15, 0.2) is 23.0 Å². The number of carbonyl (C=O) groups is 1. The van der Waals surface area contributed by atoms with E-state index >= 15 is 0 Å². The Morgan fingerprint density at radius 2 is 2.00 bits per heavy atom. The van der Waals surface area contributed by atoms with Crippen molar-refractivity contribution in [2.75, 3.05) is 7.05 Å². The van der Waals surface area contributed by atoms with E-state index < -0.39 is 17.2 Å². The van der Waals surface area contributed by atoms with Gasteiger partial charge in [0, 0.05) is 24.7 Å². The Kier molecular flexibility index (Phi) is 4.72. The van der Waals surface area contributed by atoms with Crippen LogP contribution in [-0.4, -0.2) is 45.8 Å². The first-order valence-electron chi connectivity index (χ1n) is 9.71. The number of halogens is 1. The third-order valence-electron chi connectivity index (χ3n) is 6.02. The first-order valence-corrected chi connectivity index (χ1v) is 9.71. The van der Waals surface area contributed by atoms with Crippen LogP contribution < -0.4 is 10.7 Å². The Labute approximate surface area is 157 Å². The summed E-state index contributed by atoms with van der Waals surface area (Å²) < 4.78 is 15.9. The summed E-state index contributed by atoms with van der Waals surface area (Å²) in [7, 11) is 2.14.